The lowest BCUT2D eigenvalue weighted by atomic mass is 10.2. The summed E-state index contributed by atoms with van der Waals surface area (Å²) in [5.41, 5.74) is 4.78. The van der Waals surface area contributed by atoms with Crippen molar-refractivity contribution in [3.63, 3.8) is 0 Å². The molecule has 0 saturated heterocycles. The highest BCUT2D eigenvalue weighted by atomic mass is 79.9. The molecule has 0 bridgehead atoms. The predicted molar refractivity (Wildman–Crippen MR) is 228 cm³/mol. The first kappa shape index (κ1) is 45.4. The molecule has 3 N–H and O–H groups in total. The minimum absolute atomic E-state index is 0.128. The Kier molecular flexibility index (Phi) is 18.6. The zero-order chi connectivity index (χ0) is 39.8. The van der Waals surface area contributed by atoms with Gasteiger partial charge in [-0.1, -0.05) is 105 Å². The van der Waals surface area contributed by atoms with Gasteiger partial charge in [-0.15, -0.1) is 0 Å². The summed E-state index contributed by atoms with van der Waals surface area (Å²) in [7, 11) is -2.12. The third-order valence-corrected chi connectivity index (χ3v) is 12.9. The van der Waals surface area contributed by atoms with Gasteiger partial charge in [-0.25, -0.2) is 21.6 Å². The molecule has 294 valence electrons. The van der Waals surface area contributed by atoms with Crippen LogP contribution in [0.5, 0.6) is 0 Å². The number of rotatable bonds is 18. The zero-order valence-corrected chi connectivity index (χ0v) is 36.4. The van der Waals surface area contributed by atoms with Gasteiger partial charge in [0.1, 0.15) is 0 Å². The van der Waals surface area contributed by atoms with Crippen LogP contribution >= 0.6 is 73.0 Å². The van der Waals surface area contributed by atoms with Crippen LogP contribution in [-0.2, 0) is 50.6 Å². The number of sulfonamides is 1. The Balaban J connectivity index is 0.000000477. The van der Waals surface area contributed by atoms with Crippen LogP contribution in [0.25, 0.3) is 0 Å². The molecule has 1 heterocycles. The molecule has 0 aliphatic carbocycles. The van der Waals surface area contributed by atoms with Crippen LogP contribution in [0.2, 0.25) is 20.1 Å². The highest BCUT2D eigenvalue weighted by Gasteiger charge is 2.15. The van der Waals surface area contributed by atoms with Crippen LogP contribution in [0.1, 0.15) is 27.9 Å². The van der Waals surface area contributed by atoms with E-state index in [1.165, 1.54) is 12.1 Å². The van der Waals surface area contributed by atoms with Crippen LogP contribution in [0, 0.1) is 0 Å². The van der Waals surface area contributed by atoms with Gasteiger partial charge in [0.05, 0.1) is 42.1 Å². The number of pyridine rings is 1. The van der Waals surface area contributed by atoms with Gasteiger partial charge in [0.2, 0.25) is 10.0 Å². The summed E-state index contributed by atoms with van der Waals surface area (Å²) in [5, 5.41) is 9.77. The highest BCUT2D eigenvalue weighted by molar-refractivity contribution is 9.08. The van der Waals surface area contributed by atoms with E-state index in [4.69, 9.17) is 57.1 Å². The maximum atomic E-state index is 12.8. The van der Waals surface area contributed by atoms with Crippen LogP contribution in [0.4, 0.5) is 0 Å². The molecule has 0 aliphatic heterocycles. The summed E-state index contributed by atoms with van der Waals surface area (Å²) in [4.78, 5) is 6.83. The normalized spacial score (nSPS) is 11.7. The lowest BCUT2D eigenvalue weighted by molar-refractivity contribution is 0.264. The van der Waals surface area contributed by atoms with Crippen molar-refractivity contribution in [2.24, 2.45) is 0 Å². The largest absolute Gasteiger partial charge is 0.311 e. The summed E-state index contributed by atoms with van der Waals surface area (Å²) in [6.45, 7) is 5.17. The first-order chi connectivity index (χ1) is 26.2. The van der Waals surface area contributed by atoms with E-state index in [9.17, 15) is 16.8 Å². The average Bonchev–Trinajstić information content (AvgIpc) is 3.17. The molecule has 0 fully saturated rings. The number of halogens is 6. The van der Waals surface area contributed by atoms with Crippen LogP contribution in [-0.4, -0.2) is 52.9 Å². The molecule has 17 heteroatoms. The molecule has 0 atom stereocenters. The lowest BCUT2D eigenvalue weighted by Crippen LogP contribution is -2.36. The summed E-state index contributed by atoms with van der Waals surface area (Å²) < 4.78 is 49.8. The lowest BCUT2D eigenvalue weighted by Gasteiger charge is -2.23. The van der Waals surface area contributed by atoms with Crippen LogP contribution in [0.3, 0.4) is 0 Å². The van der Waals surface area contributed by atoms with Crippen molar-refractivity contribution in [1.82, 2.24) is 25.2 Å². The molecule has 5 aromatic rings. The van der Waals surface area contributed by atoms with E-state index in [-0.39, 0.29) is 16.3 Å². The molecule has 0 amide bonds. The Labute approximate surface area is 356 Å². The summed E-state index contributed by atoms with van der Waals surface area (Å²) in [6.07, 6.45) is 1.63. The predicted octanol–water partition coefficient (Wildman–Crippen LogP) is 9.06. The number of hydrogen-bond donors (Lipinski definition) is 3. The Morgan fingerprint density at radius 1 is 0.600 bits per heavy atom. The smallest absolute Gasteiger partial charge is 0.261 e. The van der Waals surface area contributed by atoms with Gasteiger partial charge in [-0.3, -0.25) is 9.88 Å². The van der Waals surface area contributed by atoms with Crippen molar-refractivity contribution >= 4 is 92.1 Å². The molecule has 55 heavy (non-hydrogen) atoms. The number of hydrogen-bond acceptors (Lipinski definition) is 8. The van der Waals surface area contributed by atoms with Crippen molar-refractivity contribution < 1.29 is 16.8 Å². The van der Waals surface area contributed by atoms with E-state index in [1.54, 1.807) is 54.7 Å². The fraction of sp³-hybridized carbons (Fsp3) is 0.237. The summed E-state index contributed by atoms with van der Waals surface area (Å²) >= 11 is 27.6. The van der Waals surface area contributed by atoms with Gasteiger partial charge in [0, 0.05) is 68.0 Å². The van der Waals surface area contributed by atoms with Crippen molar-refractivity contribution in [1.29, 1.82) is 0 Å². The molecule has 0 spiro atoms. The summed E-state index contributed by atoms with van der Waals surface area (Å²) in [5.74, 6) is 0. The molecule has 0 aliphatic rings. The Bertz CT molecular complexity index is 2130. The fourth-order valence-corrected chi connectivity index (χ4v) is 7.82. The van der Waals surface area contributed by atoms with Gasteiger partial charge >= 0.3 is 0 Å². The first-order valence-corrected chi connectivity index (χ1v) is 23.3. The van der Waals surface area contributed by atoms with Gasteiger partial charge in [0.15, 0.2) is 0 Å². The van der Waals surface area contributed by atoms with E-state index in [0.717, 1.165) is 48.4 Å². The van der Waals surface area contributed by atoms with Crippen LogP contribution < -0.4 is 15.4 Å². The van der Waals surface area contributed by atoms with Crippen LogP contribution in [0.15, 0.2) is 119 Å². The molecule has 0 saturated carbocycles. The van der Waals surface area contributed by atoms with E-state index in [0.29, 0.717) is 50.7 Å². The standard InChI is InChI=1S/C31H33Cl4N5O2S.C7H6BrClO2S/c32-28-10-6-24(17-30(28)34)19-36-13-15-40(16-14-37-20-25-7-11-29(33)31(35)18-25)22-23-4-8-27(9-5-23)43(41,42)39-21-26-3-1-2-12-38-26;8-5-6-1-3-7(4-2-6)12(9,10)11/h1-12,17-18,36-37,39H,13-16,19-22H2;1-4H,5H2. The zero-order valence-electron chi connectivity index (χ0n) is 29.4. The number of benzene rings is 4. The fourth-order valence-electron chi connectivity index (χ4n) is 5.04. The Hall–Kier alpha value is -2.30. The number of nitrogens with one attached hydrogen (secondary N) is 3. The topological polar surface area (TPSA) is 120 Å². The SMILES string of the molecule is O=S(=O)(Cl)c1ccc(CBr)cc1.O=S(=O)(NCc1ccccn1)c1ccc(CN(CCNCc2ccc(Cl)c(Cl)c2)CCNCc2ccc(Cl)c(Cl)c2)cc1. The first-order valence-electron chi connectivity index (χ1n) is 16.8. The molecular weight excluding hydrogens is 912 g/mol. The van der Waals surface area contributed by atoms with E-state index in [1.807, 2.05) is 42.5 Å². The molecule has 9 nitrogen and oxygen atoms in total. The van der Waals surface area contributed by atoms with E-state index < -0.39 is 19.1 Å². The second kappa shape index (κ2) is 22.6. The molecular formula is C38H39BrCl5N5O4S2. The van der Waals surface area contributed by atoms with Crippen molar-refractivity contribution in [2.45, 2.75) is 41.3 Å². The third kappa shape index (κ3) is 15.9. The second-order valence-electron chi connectivity index (χ2n) is 12.1. The molecule has 1 aromatic heterocycles. The number of nitrogens with zero attached hydrogens (tertiary/aromatic N) is 2. The molecule has 0 unspecified atom stereocenters. The Morgan fingerprint density at radius 3 is 1.58 bits per heavy atom. The van der Waals surface area contributed by atoms with E-state index >= 15 is 0 Å². The third-order valence-electron chi connectivity index (χ3n) is 8.00. The average molecular weight is 951 g/mol. The molecule has 5 rings (SSSR count). The van der Waals surface area contributed by atoms with Gasteiger partial charge in [0.25, 0.3) is 9.05 Å². The minimum atomic E-state index is -3.66. The molecule has 0 radical (unpaired) electrons. The monoisotopic (exact) mass is 947 g/mol. The quantitative estimate of drug-likeness (QED) is 0.0453. The summed E-state index contributed by atoms with van der Waals surface area (Å²) in [6, 6.07) is 30.0. The number of alkyl halides is 1. The minimum Gasteiger partial charge on any atom is -0.311 e. The highest BCUT2D eigenvalue weighted by Crippen LogP contribution is 2.23. The number of aromatic nitrogens is 1. The van der Waals surface area contributed by atoms with E-state index in [2.05, 4.69) is 41.2 Å². The maximum Gasteiger partial charge on any atom is 0.261 e. The Morgan fingerprint density at radius 2 is 1.11 bits per heavy atom. The van der Waals surface area contributed by atoms with Gasteiger partial charge in [-0.05, 0) is 82.9 Å². The van der Waals surface area contributed by atoms with Gasteiger partial charge in [-0.2, -0.15) is 0 Å². The second-order valence-corrected chi connectivity index (χ2v) is 18.7. The van der Waals surface area contributed by atoms with Crippen molar-refractivity contribution in [3.05, 3.63) is 157 Å². The van der Waals surface area contributed by atoms with Crippen molar-refractivity contribution in [3.8, 4) is 0 Å². The maximum absolute atomic E-state index is 12.8. The van der Waals surface area contributed by atoms with Gasteiger partial charge < -0.3 is 10.6 Å². The van der Waals surface area contributed by atoms with Crippen molar-refractivity contribution in [2.75, 3.05) is 26.2 Å². The molecule has 4 aromatic carbocycles.